The van der Waals surface area contributed by atoms with Crippen molar-refractivity contribution in [2.24, 2.45) is 0 Å². The van der Waals surface area contributed by atoms with Gasteiger partial charge in [0, 0.05) is 4.88 Å². The Hall–Kier alpha value is -1.23. The van der Waals surface area contributed by atoms with Crippen molar-refractivity contribution in [2.75, 3.05) is 5.32 Å². The molecule has 0 atom stereocenters. The molecule has 0 saturated carbocycles. The van der Waals surface area contributed by atoms with Gasteiger partial charge in [-0.05, 0) is 25.7 Å². The normalized spacial score (nSPS) is 14.6. The highest BCUT2D eigenvalue weighted by Crippen LogP contribution is 2.29. The zero-order chi connectivity index (χ0) is 9.97. The predicted octanol–water partition coefficient (Wildman–Crippen LogP) is 1.16. The van der Waals surface area contributed by atoms with Crippen LogP contribution in [0.2, 0.25) is 0 Å². The molecule has 0 bridgehead atoms. The number of carbonyl (C=O) groups excluding carboxylic acids is 2. The number of aldehydes is 1. The van der Waals surface area contributed by atoms with Gasteiger partial charge in [0.15, 0.2) is 5.13 Å². The number of hydrogen-bond donors (Lipinski definition) is 1. The van der Waals surface area contributed by atoms with Crippen LogP contribution in [-0.2, 0) is 22.4 Å². The lowest BCUT2D eigenvalue weighted by Gasteiger charge is -2.06. The molecule has 1 heterocycles. The lowest BCUT2D eigenvalue weighted by Crippen LogP contribution is -2.11. The van der Waals surface area contributed by atoms with Crippen molar-refractivity contribution in [1.82, 2.24) is 4.98 Å². The standard InChI is InChI=1S/C9H10N2O2S/c12-5-8(13)11-9-10-6-3-1-2-4-7(6)14-9/h5H,1-4H2,(H,10,11,13). The number of thiazole rings is 1. The molecule has 5 heteroatoms. The first-order valence-corrected chi connectivity index (χ1v) is 5.36. The van der Waals surface area contributed by atoms with Crippen LogP contribution in [0.3, 0.4) is 0 Å². The van der Waals surface area contributed by atoms with Crippen LogP contribution < -0.4 is 5.32 Å². The summed E-state index contributed by atoms with van der Waals surface area (Å²) in [6.07, 6.45) is 4.65. The summed E-state index contributed by atoms with van der Waals surface area (Å²) in [7, 11) is 0. The van der Waals surface area contributed by atoms with Crippen LogP contribution in [-0.4, -0.2) is 17.2 Å². The molecule has 14 heavy (non-hydrogen) atoms. The molecule has 74 valence electrons. The summed E-state index contributed by atoms with van der Waals surface area (Å²) in [5.74, 6) is -0.629. The van der Waals surface area contributed by atoms with Crippen molar-refractivity contribution >= 4 is 28.7 Å². The Morgan fingerprint density at radius 2 is 2.21 bits per heavy atom. The van der Waals surface area contributed by atoms with E-state index in [0.29, 0.717) is 5.13 Å². The van der Waals surface area contributed by atoms with Gasteiger partial charge in [0.05, 0.1) is 5.69 Å². The minimum Gasteiger partial charge on any atom is -0.296 e. The Morgan fingerprint density at radius 3 is 2.93 bits per heavy atom. The van der Waals surface area contributed by atoms with E-state index in [1.54, 1.807) is 0 Å². The van der Waals surface area contributed by atoms with Gasteiger partial charge in [0.2, 0.25) is 6.29 Å². The molecule has 0 aromatic carbocycles. The highest BCUT2D eigenvalue weighted by molar-refractivity contribution is 7.16. The van der Waals surface area contributed by atoms with E-state index in [2.05, 4.69) is 10.3 Å². The zero-order valence-corrected chi connectivity index (χ0v) is 8.39. The number of anilines is 1. The maximum Gasteiger partial charge on any atom is 0.290 e. The Balaban J connectivity index is 2.16. The van der Waals surface area contributed by atoms with Gasteiger partial charge in [0.25, 0.3) is 5.91 Å². The van der Waals surface area contributed by atoms with E-state index in [9.17, 15) is 9.59 Å². The summed E-state index contributed by atoms with van der Waals surface area (Å²) in [5, 5.41) is 3.00. The molecule has 1 aromatic heterocycles. The first-order valence-electron chi connectivity index (χ1n) is 4.54. The van der Waals surface area contributed by atoms with Gasteiger partial charge in [-0.1, -0.05) is 0 Å². The Kier molecular flexibility index (Phi) is 2.58. The monoisotopic (exact) mass is 210 g/mol. The number of carbonyl (C=O) groups is 2. The molecule has 2 rings (SSSR count). The second-order valence-corrected chi connectivity index (χ2v) is 4.29. The third-order valence-corrected chi connectivity index (χ3v) is 3.26. The molecule has 1 aromatic rings. The van der Waals surface area contributed by atoms with Crippen LogP contribution in [0.25, 0.3) is 0 Å². The van der Waals surface area contributed by atoms with Gasteiger partial charge in [-0.15, -0.1) is 11.3 Å². The van der Waals surface area contributed by atoms with E-state index in [1.807, 2.05) is 0 Å². The summed E-state index contributed by atoms with van der Waals surface area (Å²) in [6.45, 7) is 0. The van der Waals surface area contributed by atoms with E-state index in [0.717, 1.165) is 25.0 Å². The van der Waals surface area contributed by atoms with E-state index < -0.39 is 5.91 Å². The highest BCUT2D eigenvalue weighted by Gasteiger charge is 2.15. The van der Waals surface area contributed by atoms with Crippen molar-refractivity contribution in [3.63, 3.8) is 0 Å². The second-order valence-electron chi connectivity index (χ2n) is 3.20. The maximum absolute atomic E-state index is 10.8. The summed E-state index contributed by atoms with van der Waals surface area (Å²) < 4.78 is 0. The number of nitrogens with one attached hydrogen (secondary N) is 1. The number of aromatic nitrogens is 1. The minimum atomic E-state index is -0.629. The fraction of sp³-hybridized carbons (Fsp3) is 0.444. The van der Waals surface area contributed by atoms with Crippen LogP contribution >= 0.6 is 11.3 Å². The third-order valence-electron chi connectivity index (χ3n) is 2.18. The fourth-order valence-electron chi connectivity index (χ4n) is 1.54. The summed E-state index contributed by atoms with van der Waals surface area (Å²) in [6, 6.07) is 0. The molecular formula is C9H10N2O2S. The molecule has 1 amide bonds. The predicted molar refractivity (Wildman–Crippen MR) is 53.4 cm³/mol. The fourth-order valence-corrected chi connectivity index (χ4v) is 2.59. The molecule has 1 N–H and O–H groups in total. The zero-order valence-electron chi connectivity index (χ0n) is 7.58. The number of amides is 1. The molecular weight excluding hydrogens is 200 g/mol. The van der Waals surface area contributed by atoms with Gasteiger partial charge < -0.3 is 0 Å². The molecule has 1 aliphatic rings. The smallest absolute Gasteiger partial charge is 0.290 e. The van der Waals surface area contributed by atoms with Gasteiger partial charge in [-0.2, -0.15) is 0 Å². The number of hydrogen-bond acceptors (Lipinski definition) is 4. The van der Waals surface area contributed by atoms with E-state index >= 15 is 0 Å². The quantitative estimate of drug-likeness (QED) is 0.588. The SMILES string of the molecule is O=CC(=O)Nc1nc2c(s1)CCCC2. The Morgan fingerprint density at radius 1 is 1.43 bits per heavy atom. The number of fused-ring (bicyclic) bond motifs is 1. The minimum absolute atomic E-state index is 0.264. The molecule has 0 saturated heterocycles. The summed E-state index contributed by atoms with van der Waals surface area (Å²) in [4.78, 5) is 26.4. The number of rotatable bonds is 2. The van der Waals surface area contributed by atoms with Gasteiger partial charge in [-0.25, -0.2) is 4.98 Å². The maximum atomic E-state index is 10.8. The highest BCUT2D eigenvalue weighted by atomic mass is 32.1. The summed E-state index contributed by atoms with van der Waals surface area (Å²) >= 11 is 1.48. The van der Waals surface area contributed by atoms with Crippen LogP contribution in [0.5, 0.6) is 0 Å². The molecule has 0 aliphatic heterocycles. The lowest BCUT2D eigenvalue weighted by atomic mass is 10.0. The molecule has 0 fully saturated rings. The van der Waals surface area contributed by atoms with E-state index in [4.69, 9.17) is 0 Å². The number of aryl methyl sites for hydroxylation is 2. The van der Waals surface area contributed by atoms with Gasteiger partial charge in [-0.3, -0.25) is 14.9 Å². The first kappa shape index (κ1) is 9.33. The Labute approximate surface area is 85.3 Å². The topological polar surface area (TPSA) is 59.1 Å². The van der Waals surface area contributed by atoms with Crippen molar-refractivity contribution in [3.8, 4) is 0 Å². The van der Waals surface area contributed by atoms with Gasteiger partial charge >= 0.3 is 0 Å². The van der Waals surface area contributed by atoms with Crippen LogP contribution in [0.15, 0.2) is 0 Å². The van der Waals surface area contributed by atoms with Gasteiger partial charge in [0.1, 0.15) is 0 Å². The summed E-state index contributed by atoms with van der Waals surface area (Å²) in [5.41, 5.74) is 1.09. The Bertz CT molecular complexity index is 349. The van der Waals surface area contributed by atoms with Crippen LogP contribution in [0.4, 0.5) is 5.13 Å². The lowest BCUT2D eigenvalue weighted by molar-refractivity contribution is -0.127. The molecule has 1 aliphatic carbocycles. The molecule has 0 radical (unpaired) electrons. The van der Waals surface area contributed by atoms with E-state index in [1.165, 1.54) is 22.6 Å². The average molecular weight is 210 g/mol. The van der Waals surface area contributed by atoms with Crippen molar-refractivity contribution < 1.29 is 9.59 Å². The van der Waals surface area contributed by atoms with Crippen molar-refractivity contribution in [1.29, 1.82) is 0 Å². The van der Waals surface area contributed by atoms with E-state index in [-0.39, 0.29) is 6.29 Å². The van der Waals surface area contributed by atoms with Crippen molar-refractivity contribution in [2.45, 2.75) is 25.7 Å². The second kappa shape index (κ2) is 3.88. The third kappa shape index (κ3) is 1.82. The average Bonchev–Trinajstić information content (AvgIpc) is 2.59. The molecule has 4 nitrogen and oxygen atoms in total. The van der Waals surface area contributed by atoms with Crippen LogP contribution in [0.1, 0.15) is 23.4 Å². The largest absolute Gasteiger partial charge is 0.296 e. The van der Waals surface area contributed by atoms with Crippen LogP contribution in [0, 0.1) is 0 Å². The first-order chi connectivity index (χ1) is 6.79. The molecule has 0 unspecified atom stereocenters. The molecule has 0 spiro atoms. The number of nitrogens with zero attached hydrogens (tertiary/aromatic N) is 1. The van der Waals surface area contributed by atoms with Crippen molar-refractivity contribution in [3.05, 3.63) is 10.6 Å².